The summed E-state index contributed by atoms with van der Waals surface area (Å²) in [6.07, 6.45) is 1.97. The van der Waals surface area contributed by atoms with E-state index in [1.165, 1.54) is 5.56 Å². The molecule has 0 fully saturated rings. The van der Waals surface area contributed by atoms with Gasteiger partial charge in [-0.15, -0.1) is 0 Å². The van der Waals surface area contributed by atoms with Gasteiger partial charge in [-0.05, 0) is 32.1 Å². The summed E-state index contributed by atoms with van der Waals surface area (Å²) in [6, 6.07) is 0.326. The smallest absolute Gasteiger partial charge is 0.138 e. The van der Waals surface area contributed by atoms with E-state index in [0.717, 1.165) is 35.5 Å². The standard InChI is InChI=1S/C14H25N3S/c1-6-15-11(4)13-7-16-14(17-12(13)5)9-18-8-10(2)3/h7,10-11,15H,6,8-9H2,1-5H3. The molecule has 4 heteroatoms. The van der Waals surface area contributed by atoms with E-state index in [0.29, 0.717) is 6.04 Å². The molecule has 1 N–H and O–H groups in total. The fourth-order valence-electron chi connectivity index (χ4n) is 1.82. The van der Waals surface area contributed by atoms with E-state index in [4.69, 9.17) is 0 Å². The van der Waals surface area contributed by atoms with Crippen molar-refractivity contribution in [3.63, 3.8) is 0 Å². The monoisotopic (exact) mass is 267 g/mol. The van der Waals surface area contributed by atoms with Crippen molar-refractivity contribution in [3.05, 3.63) is 23.3 Å². The van der Waals surface area contributed by atoms with Crippen LogP contribution in [-0.4, -0.2) is 22.3 Å². The molecule has 0 aliphatic heterocycles. The van der Waals surface area contributed by atoms with Gasteiger partial charge in [0.1, 0.15) is 5.82 Å². The SMILES string of the molecule is CCNC(C)c1cnc(CSCC(C)C)nc1C. The number of aryl methyl sites for hydroxylation is 1. The lowest BCUT2D eigenvalue weighted by atomic mass is 10.1. The van der Waals surface area contributed by atoms with Crippen molar-refractivity contribution in [1.29, 1.82) is 0 Å². The number of nitrogens with zero attached hydrogens (tertiary/aromatic N) is 2. The minimum absolute atomic E-state index is 0.326. The van der Waals surface area contributed by atoms with E-state index in [9.17, 15) is 0 Å². The van der Waals surface area contributed by atoms with E-state index in [1.807, 2.05) is 18.0 Å². The molecule has 0 spiro atoms. The third kappa shape index (κ3) is 4.94. The van der Waals surface area contributed by atoms with Crippen LogP contribution in [0.2, 0.25) is 0 Å². The van der Waals surface area contributed by atoms with Crippen molar-refractivity contribution in [2.45, 2.75) is 46.4 Å². The maximum Gasteiger partial charge on any atom is 0.138 e. The van der Waals surface area contributed by atoms with Crippen LogP contribution in [0.1, 0.15) is 50.8 Å². The molecule has 0 aromatic carbocycles. The highest BCUT2D eigenvalue weighted by molar-refractivity contribution is 7.98. The Kier molecular flexibility index (Phi) is 6.65. The van der Waals surface area contributed by atoms with E-state index in [2.05, 4.69) is 49.9 Å². The van der Waals surface area contributed by atoms with Gasteiger partial charge in [-0.1, -0.05) is 20.8 Å². The van der Waals surface area contributed by atoms with Crippen LogP contribution < -0.4 is 5.32 Å². The highest BCUT2D eigenvalue weighted by Crippen LogP contribution is 2.17. The van der Waals surface area contributed by atoms with Crippen molar-refractivity contribution < 1.29 is 0 Å². The first-order chi connectivity index (χ1) is 8.54. The molecule has 0 bridgehead atoms. The Balaban J connectivity index is 2.61. The second-order valence-electron chi connectivity index (χ2n) is 5.02. The second-order valence-corrected chi connectivity index (χ2v) is 6.05. The molecule has 0 aliphatic rings. The molecule has 0 radical (unpaired) electrons. The average molecular weight is 267 g/mol. The topological polar surface area (TPSA) is 37.8 Å². The average Bonchev–Trinajstić information content (AvgIpc) is 2.28. The number of rotatable bonds is 7. The number of hydrogen-bond acceptors (Lipinski definition) is 4. The summed E-state index contributed by atoms with van der Waals surface area (Å²) in [5.74, 6) is 3.75. The zero-order valence-electron chi connectivity index (χ0n) is 12.2. The van der Waals surface area contributed by atoms with Gasteiger partial charge < -0.3 is 5.32 Å². The third-order valence-electron chi connectivity index (χ3n) is 2.73. The summed E-state index contributed by atoms with van der Waals surface area (Å²) in [5, 5.41) is 3.39. The molecule has 102 valence electrons. The van der Waals surface area contributed by atoms with E-state index < -0.39 is 0 Å². The molecule has 3 nitrogen and oxygen atoms in total. The number of thioether (sulfide) groups is 1. The van der Waals surface area contributed by atoms with Crippen molar-refractivity contribution in [2.24, 2.45) is 5.92 Å². The van der Waals surface area contributed by atoms with Crippen LogP contribution in [0.3, 0.4) is 0 Å². The Morgan fingerprint density at radius 3 is 2.61 bits per heavy atom. The van der Waals surface area contributed by atoms with Crippen molar-refractivity contribution in [2.75, 3.05) is 12.3 Å². The molecule has 0 saturated carbocycles. The molecule has 1 unspecified atom stereocenters. The van der Waals surface area contributed by atoms with Gasteiger partial charge >= 0.3 is 0 Å². The van der Waals surface area contributed by atoms with Gasteiger partial charge in [0.05, 0.1) is 5.75 Å². The lowest BCUT2D eigenvalue weighted by Gasteiger charge is -2.15. The van der Waals surface area contributed by atoms with Crippen molar-refractivity contribution in [3.8, 4) is 0 Å². The van der Waals surface area contributed by atoms with Gasteiger partial charge in [-0.25, -0.2) is 9.97 Å². The van der Waals surface area contributed by atoms with Gasteiger partial charge in [0, 0.05) is 23.5 Å². The zero-order chi connectivity index (χ0) is 13.5. The Bertz CT molecular complexity index is 366. The number of hydrogen-bond donors (Lipinski definition) is 1. The van der Waals surface area contributed by atoms with Gasteiger partial charge in [0.2, 0.25) is 0 Å². The van der Waals surface area contributed by atoms with Crippen LogP contribution in [0.15, 0.2) is 6.20 Å². The molecule has 1 aromatic heterocycles. The Morgan fingerprint density at radius 1 is 1.33 bits per heavy atom. The fourth-order valence-corrected chi connectivity index (χ4v) is 2.73. The Morgan fingerprint density at radius 2 is 2.06 bits per heavy atom. The van der Waals surface area contributed by atoms with Crippen LogP contribution in [0.25, 0.3) is 0 Å². The molecule has 1 heterocycles. The van der Waals surface area contributed by atoms with Gasteiger partial charge in [-0.3, -0.25) is 0 Å². The molecule has 0 aliphatic carbocycles. The van der Waals surface area contributed by atoms with Crippen LogP contribution >= 0.6 is 11.8 Å². The highest BCUT2D eigenvalue weighted by Gasteiger charge is 2.09. The lowest BCUT2D eigenvalue weighted by Crippen LogP contribution is -2.19. The van der Waals surface area contributed by atoms with E-state index in [1.54, 1.807) is 0 Å². The first kappa shape index (κ1) is 15.4. The molecule has 1 atom stereocenters. The Labute approximate surface area is 115 Å². The summed E-state index contributed by atoms with van der Waals surface area (Å²) >= 11 is 1.91. The maximum absolute atomic E-state index is 4.60. The van der Waals surface area contributed by atoms with Crippen molar-refractivity contribution >= 4 is 11.8 Å². The van der Waals surface area contributed by atoms with E-state index in [-0.39, 0.29) is 0 Å². The first-order valence-electron chi connectivity index (χ1n) is 6.68. The lowest BCUT2D eigenvalue weighted by molar-refractivity contribution is 0.589. The number of aromatic nitrogens is 2. The minimum atomic E-state index is 0.326. The predicted molar refractivity (Wildman–Crippen MR) is 79.9 cm³/mol. The van der Waals surface area contributed by atoms with E-state index >= 15 is 0 Å². The molecule has 1 aromatic rings. The summed E-state index contributed by atoms with van der Waals surface area (Å²) in [5.41, 5.74) is 2.30. The molecule has 1 rings (SSSR count). The predicted octanol–water partition coefficient (Wildman–Crippen LogP) is 3.34. The highest BCUT2D eigenvalue weighted by atomic mass is 32.2. The fraction of sp³-hybridized carbons (Fsp3) is 0.714. The quantitative estimate of drug-likeness (QED) is 0.822. The molecular weight excluding hydrogens is 242 g/mol. The van der Waals surface area contributed by atoms with Gasteiger partial charge in [0.25, 0.3) is 0 Å². The minimum Gasteiger partial charge on any atom is -0.310 e. The first-order valence-corrected chi connectivity index (χ1v) is 7.83. The summed E-state index contributed by atoms with van der Waals surface area (Å²) in [6.45, 7) is 11.8. The van der Waals surface area contributed by atoms with Gasteiger partial charge in [0.15, 0.2) is 0 Å². The third-order valence-corrected chi connectivity index (χ3v) is 4.09. The summed E-state index contributed by atoms with van der Waals surface area (Å²) in [4.78, 5) is 9.07. The van der Waals surface area contributed by atoms with Gasteiger partial charge in [-0.2, -0.15) is 11.8 Å². The van der Waals surface area contributed by atoms with Crippen LogP contribution in [-0.2, 0) is 5.75 Å². The molecular formula is C14H25N3S. The Hall–Kier alpha value is -0.610. The van der Waals surface area contributed by atoms with Crippen LogP contribution in [0.5, 0.6) is 0 Å². The largest absolute Gasteiger partial charge is 0.310 e. The maximum atomic E-state index is 4.60. The van der Waals surface area contributed by atoms with Crippen LogP contribution in [0.4, 0.5) is 0 Å². The molecule has 0 saturated heterocycles. The zero-order valence-corrected chi connectivity index (χ0v) is 13.0. The normalized spacial score (nSPS) is 13.0. The van der Waals surface area contributed by atoms with Crippen molar-refractivity contribution in [1.82, 2.24) is 15.3 Å². The molecule has 18 heavy (non-hydrogen) atoms. The number of nitrogens with one attached hydrogen (secondary N) is 1. The van der Waals surface area contributed by atoms with Crippen LogP contribution in [0, 0.1) is 12.8 Å². The summed E-state index contributed by atoms with van der Waals surface area (Å²) in [7, 11) is 0. The summed E-state index contributed by atoms with van der Waals surface area (Å²) < 4.78 is 0. The molecule has 0 amide bonds. The second kappa shape index (κ2) is 7.74.